The minimum atomic E-state index is -0.401. The van der Waals surface area contributed by atoms with Crippen molar-refractivity contribution < 1.29 is 19.1 Å². The number of carbonyl (C=O) groups excluding carboxylic acids is 3. The van der Waals surface area contributed by atoms with Crippen LogP contribution in [-0.4, -0.2) is 35.0 Å². The van der Waals surface area contributed by atoms with Crippen LogP contribution in [0.5, 0.6) is 0 Å². The third-order valence-electron chi connectivity index (χ3n) is 5.58. The van der Waals surface area contributed by atoms with Crippen molar-refractivity contribution in [2.24, 2.45) is 0 Å². The van der Waals surface area contributed by atoms with Crippen LogP contribution in [0.4, 0.5) is 5.69 Å². The average molecular weight is 406 g/mol. The fraction of sp³-hybridized carbons (Fsp3) is 0.375. The molecule has 2 heterocycles. The van der Waals surface area contributed by atoms with Gasteiger partial charge < -0.3 is 10.1 Å². The van der Waals surface area contributed by atoms with Crippen LogP contribution < -0.4 is 10.2 Å². The summed E-state index contributed by atoms with van der Waals surface area (Å²) in [5.74, 6) is -1.11. The maximum Gasteiger partial charge on any atom is 0.338 e. The number of anilines is 1. The van der Waals surface area contributed by atoms with E-state index in [0.717, 1.165) is 17.7 Å². The number of piperidine rings is 1. The fourth-order valence-corrected chi connectivity index (χ4v) is 4.70. The van der Waals surface area contributed by atoms with Crippen LogP contribution >= 0.6 is 0 Å². The van der Waals surface area contributed by atoms with Crippen molar-refractivity contribution >= 4 is 23.5 Å². The third kappa shape index (κ3) is 3.75. The molecule has 1 fully saturated rings. The van der Waals surface area contributed by atoms with Gasteiger partial charge in [0.15, 0.2) is 0 Å². The third-order valence-corrected chi connectivity index (χ3v) is 5.58. The molecule has 1 N–H and O–H groups in total. The Morgan fingerprint density at radius 1 is 0.900 bits per heavy atom. The van der Waals surface area contributed by atoms with E-state index in [1.807, 2.05) is 0 Å². The molecule has 2 aromatic carbocycles. The van der Waals surface area contributed by atoms with E-state index in [0.29, 0.717) is 22.4 Å². The van der Waals surface area contributed by atoms with Crippen LogP contribution in [-0.2, 0) is 4.74 Å². The molecule has 2 aromatic rings. The molecule has 0 aromatic heterocycles. The number of hydrogen-bond acceptors (Lipinski definition) is 5. The Balaban J connectivity index is 1.49. The quantitative estimate of drug-likeness (QED) is 0.617. The van der Waals surface area contributed by atoms with Crippen molar-refractivity contribution in [2.45, 2.75) is 57.7 Å². The zero-order valence-electron chi connectivity index (χ0n) is 17.7. The molecule has 6 heteroatoms. The molecule has 4 rings (SSSR count). The van der Waals surface area contributed by atoms with E-state index in [2.05, 4.69) is 33.0 Å². The van der Waals surface area contributed by atoms with Crippen molar-refractivity contribution in [1.29, 1.82) is 0 Å². The monoisotopic (exact) mass is 406 g/mol. The van der Waals surface area contributed by atoms with Crippen LogP contribution in [0.25, 0.3) is 0 Å². The second kappa shape index (κ2) is 7.06. The van der Waals surface area contributed by atoms with Gasteiger partial charge in [-0.15, -0.1) is 0 Å². The Hall–Kier alpha value is -2.99. The molecule has 2 amide bonds. The largest absolute Gasteiger partial charge is 0.459 e. The number of imide groups is 1. The molecule has 1 saturated heterocycles. The van der Waals surface area contributed by atoms with Gasteiger partial charge in [-0.05, 0) is 64.1 Å². The summed E-state index contributed by atoms with van der Waals surface area (Å²) in [4.78, 5) is 39.1. The predicted octanol–water partition coefficient (Wildman–Crippen LogP) is 3.95. The summed E-state index contributed by atoms with van der Waals surface area (Å²) < 4.78 is 5.78. The van der Waals surface area contributed by atoms with E-state index in [1.165, 1.54) is 0 Å². The van der Waals surface area contributed by atoms with Crippen LogP contribution in [0.3, 0.4) is 0 Å². The Bertz CT molecular complexity index is 973. The molecule has 0 atom stereocenters. The van der Waals surface area contributed by atoms with Gasteiger partial charge in [-0.3, -0.25) is 9.59 Å². The molecular weight excluding hydrogens is 380 g/mol. The minimum Gasteiger partial charge on any atom is -0.459 e. The molecule has 0 spiro atoms. The molecule has 0 aliphatic carbocycles. The topological polar surface area (TPSA) is 75.7 Å². The second-order valence-electron chi connectivity index (χ2n) is 9.37. The molecule has 2 aliphatic rings. The van der Waals surface area contributed by atoms with Gasteiger partial charge in [0.2, 0.25) is 0 Å². The van der Waals surface area contributed by atoms with Gasteiger partial charge >= 0.3 is 5.97 Å². The lowest BCUT2D eigenvalue weighted by Crippen LogP contribution is -2.59. The van der Waals surface area contributed by atoms with E-state index in [-0.39, 0.29) is 29.0 Å². The van der Waals surface area contributed by atoms with E-state index in [4.69, 9.17) is 4.74 Å². The summed E-state index contributed by atoms with van der Waals surface area (Å²) in [5, 5.41) is 3.57. The second-order valence-corrected chi connectivity index (χ2v) is 9.37. The van der Waals surface area contributed by atoms with Gasteiger partial charge in [0.1, 0.15) is 6.10 Å². The molecular formula is C24H26N2O4. The standard InChI is InChI=1S/C24H26N2O4/c1-23(2)13-17(14-24(3,4)25-23)30-22(29)15-9-11-16(12-10-15)26-20(27)18-7-5-6-8-19(18)21(26)28/h5-12,17,25H,13-14H2,1-4H3. The lowest BCUT2D eigenvalue weighted by molar-refractivity contribution is -0.00639. The number of amides is 2. The number of benzene rings is 2. The molecule has 0 saturated carbocycles. The molecule has 0 unspecified atom stereocenters. The van der Waals surface area contributed by atoms with E-state index >= 15 is 0 Å². The van der Waals surface area contributed by atoms with Crippen molar-refractivity contribution in [3.05, 3.63) is 65.2 Å². The average Bonchev–Trinajstić information content (AvgIpc) is 2.90. The first kappa shape index (κ1) is 20.3. The van der Waals surface area contributed by atoms with Gasteiger partial charge in [-0.2, -0.15) is 0 Å². The number of rotatable bonds is 3. The number of nitrogens with zero attached hydrogens (tertiary/aromatic N) is 1. The Kier molecular flexibility index (Phi) is 4.77. The zero-order valence-corrected chi connectivity index (χ0v) is 17.7. The summed E-state index contributed by atoms with van der Waals surface area (Å²) in [6, 6.07) is 13.2. The Morgan fingerprint density at radius 3 is 1.90 bits per heavy atom. The van der Waals surface area contributed by atoms with Gasteiger partial charge in [-0.25, -0.2) is 9.69 Å². The van der Waals surface area contributed by atoms with Crippen LogP contribution in [0.15, 0.2) is 48.5 Å². The smallest absolute Gasteiger partial charge is 0.338 e. The first-order chi connectivity index (χ1) is 14.1. The lowest BCUT2D eigenvalue weighted by atomic mass is 9.81. The summed E-state index contributed by atoms with van der Waals surface area (Å²) in [6.45, 7) is 8.41. The number of hydrogen-bond donors (Lipinski definition) is 1. The van der Waals surface area contributed by atoms with E-state index < -0.39 is 5.97 Å². The summed E-state index contributed by atoms with van der Waals surface area (Å²) >= 11 is 0. The highest BCUT2D eigenvalue weighted by Crippen LogP contribution is 2.32. The predicted molar refractivity (Wildman–Crippen MR) is 114 cm³/mol. The van der Waals surface area contributed by atoms with E-state index in [1.54, 1.807) is 48.5 Å². The SMILES string of the molecule is CC1(C)CC(OC(=O)c2ccc(N3C(=O)c4ccccc4C3=O)cc2)CC(C)(C)N1. The lowest BCUT2D eigenvalue weighted by Gasteiger charge is -2.45. The normalized spacial score (nSPS) is 20.2. The molecule has 156 valence electrons. The van der Waals surface area contributed by atoms with Crippen LogP contribution in [0, 0.1) is 0 Å². The Morgan fingerprint density at radius 2 is 1.40 bits per heavy atom. The number of nitrogens with one attached hydrogen (secondary N) is 1. The first-order valence-electron chi connectivity index (χ1n) is 10.1. The van der Waals surface area contributed by atoms with Crippen LogP contribution in [0.1, 0.15) is 71.6 Å². The van der Waals surface area contributed by atoms with E-state index in [9.17, 15) is 14.4 Å². The number of carbonyl (C=O) groups is 3. The van der Waals surface area contributed by atoms with Gasteiger partial charge in [-0.1, -0.05) is 12.1 Å². The zero-order chi connectivity index (χ0) is 21.7. The van der Waals surface area contributed by atoms with Gasteiger partial charge in [0.05, 0.1) is 22.4 Å². The number of ether oxygens (including phenoxy) is 1. The molecule has 0 radical (unpaired) electrons. The molecule has 0 bridgehead atoms. The number of esters is 1. The summed E-state index contributed by atoms with van der Waals surface area (Å²) in [5.41, 5.74) is 1.36. The molecule has 2 aliphatic heterocycles. The highest BCUT2D eigenvalue weighted by Gasteiger charge is 2.40. The maximum atomic E-state index is 12.7. The fourth-order valence-electron chi connectivity index (χ4n) is 4.70. The van der Waals surface area contributed by atoms with Gasteiger partial charge in [0, 0.05) is 23.9 Å². The first-order valence-corrected chi connectivity index (χ1v) is 10.1. The Labute approximate surface area is 176 Å². The minimum absolute atomic E-state index is 0.123. The van der Waals surface area contributed by atoms with Crippen molar-refractivity contribution in [2.75, 3.05) is 4.90 Å². The van der Waals surface area contributed by atoms with Crippen molar-refractivity contribution in [3.63, 3.8) is 0 Å². The van der Waals surface area contributed by atoms with Crippen molar-refractivity contribution in [3.8, 4) is 0 Å². The summed E-state index contributed by atoms with van der Waals surface area (Å²) in [6.07, 6.45) is 1.28. The molecule has 6 nitrogen and oxygen atoms in total. The summed E-state index contributed by atoms with van der Waals surface area (Å²) in [7, 11) is 0. The van der Waals surface area contributed by atoms with Crippen LogP contribution in [0.2, 0.25) is 0 Å². The maximum absolute atomic E-state index is 12.7. The van der Waals surface area contributed by atoms with Gasteiger partial charge in [0.25, 0.3) is 11.8 Å². The molecule has 30 heavy (non-hydrogen) atoms. The number of fused-ring (bicyclic) bond motifs is 1. The highest BCUT2D eigenvalue weighted by molar-refractivity contribution is 6.34. The highest BCUT2D eigenvalue weighted by atomic mass is 16.5. The van der Waals surface area contributed by atoms with Crippen molar-refractivity contribution in [1.82, 2.24) is 5.32 Å².